The standard InChI is InChI=1S/C21H16ClN3O5/c22-20-17(24(27)28)10-14(11-18(20)25(29)30)21(26)23-16-7-3-5-13-9-8-12-4-1-2-6-15(12)19(13)16/h1-2,4,6,8-11,16H,3,5,7H2,(H,23,26)/t16-/m1/s1. The number of carbonyl (C=O) groups is 1. The second kappa shape index (κ2) is 7.72. The minimum absolute atomic E-state index is 0.176. The first kappa shape index (κ1) is 19.8. The second-order valence-electron chi connectivity index (χ2n) is 7.12. The third-order valence-corrected chi connectivity index (χ3v) is 5.73. The molecule has 3 aromatic carbocycles. The van der Waals surface area contributed by atoms with Gasteiger partial charge in [0.05, 0.1) is 21.5 Å². The summed E-state index contributed by atoms with van der Waals surface area (Å²) in [4.78, 5) is 33.7. The van der Waals surface area contributed by atoms with Crippen molar-refractivity contribution in [1.82, 2.24) is 5.32 Å². The number of benzene rings is 3. The number of hydrogen-bond donors (Lipinski definition) is 1. The molecule has 8 nitrogen and oxygen atoms in total. The lowest BCUT2D eigenvalue weighted by Gasteiger charge is -2.28. The van der Waals surface area contributed by atoms with E-state index < -0.39 is 32.2 Å². The normalized spacial score (nSPS) is 15.4. The van der Waals surface area contributed by atoms with Crippen molar-refractivity contribution in [3.63, 3.8) is 0 Å². The molecule has 1 aliphatic rings. The summed E-state index contributed by atoms with van der Waals surface area (Å²) < 4.78 is 0. The number of nitrogens with one attached hydrogen (secondary N) is 1. The van der Waals surface area contributed by atoms with Crippen LogP contribution in [0.3, 0.4) is 0 Å². The van der Waals surface area contributed by atoms with E-state index in [1.807, 2.05) is 36.4 Å². The molecule has 30 heavy (non-hydrogen) atoms. The molecule has 0 spiro atoms. The molecule has 0 saturated heterocycles. The summed E-state index contributed by atoms with van der Waals surface area (Å²) in [6.07, 6.45) is 2.46. The van der Waals surface area contributed by atoms with Crippen molar-refractivity contribution in [2.75, 3.05) is 0 Å². The molecule has 1 aliphatic carbocycles. The van der Waals surface area contributed by atoms with Crippen molar-refractivity contribution < 1.29 is 14.6 Å². The third-order valence-electron chi connectivity index (χ3n) is 5.34. The number of aryl methyl sites for hydroxylation is 1. The molecule has 152 valence electrons. The topological polar surface area (TPSA) is 115 Å². The van der Waals surface area contributed by atoms with E-state index in [4.69, 9.17) is 11.6 Å². The Morgan fingerprint density at radius 2 is 1.70 bits per heavy atom. The molecule has 4 rings (SSSR count). The van der Waals surface area contributed by atoms with Gasteiger partial charge in [0.1, 0.15) is 0 Å². The Kier molecular flexibility index (Phi) is 5.09. The minimum atomic E-state index is -0.838. The minimum Gasteiger partial charge on any atom is -0.345 e. The molecule has 9 heteroatoms. The molecule has 0 unspecified atom stereocenters. The summed E-state index contributed by atoms with van der Waals surface area (Å²) in [5.74, 6) is -0.622. The van der Waals surface area contributed by atoms with E-state index in [0.717, 1.165) is 46.9 Å². The van der Waals surface area contributed by atoms with Crippen LogP contribution in [0.25, 0.3) is 10.8 Å². The summed E-state index contributed by atoms with van der Waals surface area (Å²) in [5.41, 5.74) is 0.630. The summed E-state index contributed by atoms with van der Waals surface area (Å²) in [6, 6.07) is 13.6. The summed E-state index contributed by atoms with van der Waals surface area (Å²) in [5, 5.41) is 26.9. The monoisotopic (exact) mass is 425 g/mol. The van der Waals surface area contributed by atoms with Gasteiger partial charge in [-0.1, -0.05) is 48.0 Å². The van der Waals surface area contributed by atoms with Crippen LogP contribution in [-0.2, 0) is 6.42 Å². The first-order valence-electron chi connectivity index (χ1n) is 9.30. The van der Waals surface area contributed by atoms with E-state index >= 15 is 0 Å². The second-order valence-corrected chi connectivity index (χ2v) is 7.50. The quantitative estimate of drug-likeness (QED) is 0.460. The van der Waals surface area contributed by atoms with Crippen molar-refractivity contribution in [3.05, 3.63) is 90.5 Å². The number of carbonyl (C=O) groups excluding carboxylic acids is 1. The first-order chi connectivity index (χ1) is 14.4. The zero-order chi connectivity index (χ0) is 21.4. The number of nitro groups is 2. The van der Waals surface area contributed by atoms with E-state index in [9.17, 15) is 25.0 Å². The van der Waals surface area contributed by atoms with E-state index in [1.165, 1.54) is 0 Å². The number of hydrogen-bond acceptors (Lipinski definition) is 5. The predicted molar refractivity (Wildman–Crippen MR) is 112 cm³/mol. The SMILES string of the molecule is O=C(N[C@@H]1CCCc2ccc3ccccc3c21)c1cc([N+](=O)[O-])c(Cl)c([N+](=O)[O-])c1. The highest BCUT2D eigenvalue weighted by atomic mass is 35.5. The van der Waals surface area contributed by atoms with Crippen molar-refractivity contribution in [3.8, 4) is 0 Å². The van der Waals surface area contributed by atoms with Crippen LogP contribution < -0.4 is 5.32 Å². The number of nitrogens with zero attached hydrogens (tertiary/aromatic N) is 2. The van der Waals surface area contributed by atoms with Crippen LogP contribution in [0.15, 0.2) is 48.5 Å². The van der Waals surface area contributed by atoms with Crippen LogP contribution in [0.2, 0.25) is 5.02 Å². The average molecular weight is 426 g/mol. The van der Waals surface area contributed by atoms with E-state index in [-0.39, 0.29) is 11.6 Å². The van der Waals surface area contributed by atoms with E-state index in [1.54, 1.807) is 0 Å². The van der Waals surface area contributed by atoms with Crippen LogP contribution in [0, 0.1) is 20.2 Å². The number of rotatable bonds is 4. The number of halogens is 1. The van der Waals surface area contributed by atoms with Gasteiger partial charge in [-0.2, -0.15) is 0 Å². The number of amides is 1. The molecule has 0 fully saturated rings. The van der Waals surface area contributed by atoms with Gasteiger partial charge >= 0.3 is 0 Å². The zero-order valence-corrected chi connectivity index (χ0v) is 16.4. The maximum Gasteiger partial charge on any atom is 0.295 e. The number of fused-ring (bicyclic) bond motifs is 3. The Bertz CT molecular complexity index is 1180. The van der Waals surface area contributed by atoms with Crippen LogP contribution in [0.1, 0.15) is 40.4 Å². The van der Waals surface area contributed by atoms with Crippen LogP contribution in [-0.4, -0.2) is 15.8 Å². The lowest BCUT2D eigenvalue weighted by molar-refractivity contribution is -0.393. The highest BCUT2D eigenvalue weighted by Crippen LogP contribution is 2.37. The molecule has 1 atom stereocenters. The smallest absolute Gasteiger partial charge is 0.295 e. The van der Waals surface area contributed by atoms with Gasteiger partial charge < -0.3 is 5.32 Å². The van der Waals surface area contributed by atoms with Gasteiger partial charge in [0, 0.05) is 12.1 Å². The van der Waals surface area contributed by atoms with Gasteiger partial charge in [-0.3, -0.25) is 25.0 Å². The van der Waals surface area contributed by atoms with Gasteiger partial charge in [-0.15, -0.1) is 0 Å². The lowest BCUT2D eigenvalue weighted by Crippen LogP contribution is -2.31. The van der Waals surface area contributed by atoms with Crippen molar-refractivity contribution in [2.45, 2.75) is 25.3 Å². The lowest BCUT2D eigenvalue weighted by atomic mass is 9.84. The summed E-state index contributed by atoms with van der Waals surface area (Å²) >= 11 is 5.78. The maximum absolute atomic E-state index is 12.9. The molecule has 0 aromatic heterocycles. The van der Waals surface area contributed by atoms with Gasteiger partial charge in [0.15, 0.2) is 5.02 Å². The van der Waals surface area contributed by atoms with Crippen LogP contribution >= 0.6 is 11.6 Å². The Balaban J connectivity index is 1.74. The first-order valence-corrected chi connectivity index (χ1v) is 9.68. The van der Waals surface area contributed by atoms with Gasteiger partial charge in [0.25, 0.3) is 17.3 Å². The third kappa shape index (κ3) is 3.46. The van der Waals surface area contributed by atoms with Gasteiger partial charge in [-0.05, 0) is 41.2 Å². The molecular formula is C21H16ClN3O5. The molecule has 1 N–H and O–H groups in total. The fourth-order valence-electron chi connectivity index (χ4n) is 3.99. The molecular weight excluding hydrogens is 410 g/mol. The van der Waals surface area contributed by atoms with Crippen LogP contribution in [0.4, 0.5) is 11.4 Å². The van der Waals surface area contributed by atoms with E-state index in [0.29, 0.717) is 6.42 Å². The Morgan fingerprint density at radius 3 is 2.37 bits per heavy atom. The fraction of sp³-hybridized carbons (Fsp3) is 0.190. The highest BCUT2D eigenvalue weighted by molar-refractivity contribution is 6.35. The Labute approximate surface area is 175 Å². The Morgan fingerprint density at radius 1 is 1.03 bits per heavy atom. The Hall–Kier alpha value is -3.52. The van der Waals surface area contributed by atoms with Crippen LogP contribution in [0.5, 0.6) is 0 Å². The summed E-state index contributed by atoms with van der Waals surface area (Å²) in [6.45, 7) is 0. The zero-order valence-electron chi connectivity index (χ0n) is 15.6. The van der Waals surface area contributed by atoms with Crippen molar-refractivity contribution in [2.24, 2.45) is 0 Å². The van der Waals surface area contributed by atoms with Gasteiger partial charge in [0.2, 0.25) is 0 Å². The largest absolute Gasteiger partial charge is 0.345 e. The maximum atomic E-state index is 12.9. The van der Waals surface area contributed by atoms with Crippen molar-refractivity contribution in [1.29, 1.82) is 0 Å². The molecule has 0 bridgehead atoms. The number of nitro benzene ring substituents is 2. The molecule has 3 aromatic rings. The predicted octanol–water partition coefficient (Wildman–Crippen LogP) is 5.12. The highest BCUT2D eigenvalue weighted by Gasteiger charge is 2.29. The molecule has 0 aliphatic heterocycles. The molecule has 0 heterocycles. The van der Waals surface area contributed by atoms with E-state index in [2.05, 4.69) is 5.32 Å². The molecule has 1 amide bonds. The molecule has 0 radical (unpaired) electrons. The average Bonchev–Trinajstić information content (AvgIpc) is 2.73. The van der Waals surface area contributed by atoms with Crippen molar-refractivity contribution >= 4 is 39.7 Å². The fourth-order valence-corrected chi connectivity index (χ4v) is 4.24. The van der Waals surface area contributed by atoms with Gasteiger partial charge in [-0.25, -0.2) is 0 Å². The molecule has 0 saturated carbocycles. The summed E-state index contributed by atoms with van der Waals surface area (Å²) in [7, 11) is 0.